The number of ether oxygens (including phenoxy) is 1. The molecule has 1 aliphatic heterocycles. The summed E-state index contributed by atoms with van der Waals surface area (Å²) in [6.07, 6.45) is 2.55. The lowest BCUT2D eigenvalue weighted by Gasteiger charge is -2.20. The number of aromatic nitrogens is 2. The van der Waals surface area contributed by atoms with Crippen molar-refractivity contribution in [3.05, 3.63) is 47.3 Å². The first-order valence-corrected chi connectivity index (χ1v) is 6.82. The number of carbonyl (C=O) groups is 1. The van der Waals surface area contributed by atoms with Crippen LogP contribution in [0.2, 0.25) is 0 Å². The van der Waals surface area contributed by atoms with E-state index in [9.17, 15) is 4.79 Å². The van der Waals surface area contributed by atoms with Crippen LogP contribution in [0.5, 0.6) is 5.75 Å². The Morgan fingerprint density at radius 2 is 2.33 bits per heavy atom. The van der Waals surface area contributed by atoms with Gasteiger partial charge in [0.15, 0.2) is 0 Å². The summed E-state index contributed by atoms with van der Waals surface area (Å²) in [5.74, 6) is -0.0362. The molecule has 21 heavy (non-hydrogen) atoms. The van der Waals surface area contributed by atoms with E-state index in [0.29, 0.717) is 12.1 Å². The van der Waals surface area contributed by atoms with Gasteiger partial charge in [-0.05, 0) is 18.7 Å². The number of aromatic carboxylic acids is 1. The second kappa shape index (κ2) is 5.57. The standard InChI is InChI=1S/C15H17N3O3/c1-18(8-11-7-16-17-14(11)15(19)20)9-12-6-10-4-2-3-5-13(10)21-12/h2-5,7,12H,6,8-9H2,1H3,(H,16,17)(H,19,20)/t12-/m1/s1. The first kappa shape index (κ1) is 13.6. The first-order chi connectivity index (χ1) is 10.1. The SMILES string of the molecule is CN(Cc1cn[nH]c1C(=O)O)C[C@H]1Cc2ccccc2O1. The zero-order chi connectivity index (χ0) is 14.8. The topological polar surface area (TPSA) is 78.5 Å². The van der Waals surface area contributed by atoms with E-state index in [2.05, 4.69) is 16.3 Å². The monoisotopic (exact) mass is 287 g/mol. The number of carboxylic acids is 1. The third-order valence-corrected chi connectivity index (χ3v) is 3.60. The Balaban J connectivity index is 1.59. The smallest absolute Gasteiger partial charge is 0.354 e. The lowest BCUT2D eigenvalue weighted by atomic mass is 10.1. The molecule has 0 fully saturated rings. The Bertz CT molecular complexity index is 628. The van der Waals surface area contributed by atoms with Gasteiger partial charge in [-0.25, -0.2) is 4.79 Å². The number of likely N-dealkylation sites (N-methyl/N-ethyl adjacent to an activating group) is 1. The van der Waals surface area contributed by atoms with Crippen LogP contribution in [0.25, 0.3) is 0 Å². The van der Waals surface area contributed by atoms with E-state index in [0.717, 1.165) is 18.7 Å². The van der Waals surface area contributed by atoms with Gasteiger partial charge in [0, 0.05) is 25.1 Å². The molecular weight excluding hydrogens is 270 g/mol. The van der Waals surface area contributed by atoms with Crippen LogP contribution in [0.1, 0.15) is 21.6 Å². The van der Waals surface area contributed by atoms with Crippen LogP contribution in [0.4, 0.5) is 0 Å². The number of nitrogens with zero attached hydrogens (tertiary/aromatic N) is 2. The van der Waals surface area contributed by atoms with Crippen molar-refractivity contribution in [2.24, 2.45) is 0 Å². The highest BCUT2D eigenvalue weighted by Gasteiger charge is 2.24. The van der Waals surface area contributed by atoms with Gasteiger partial charge in [-0.2, -0.15) is 5.10 Å². The predicted molar refractivity (Wildman–Crippen MR) is 76.4 cm³/mol. The van der Waals surface area contributed by atoms with Crippen LogP contribution in [0, 0.1) is 0 Å². The minimum absolute atomic E-state index is 0.104. The molecule has 0 aliphatic carbocycles. The number of hydrogen-bond donors (Lipinski definition) is 2. The summed E-state index contributed by atoms with van der Waals surface area (Å²) < 4.78 is 5.89. The molecule has 6 nitrogen and oxygen atoms in total. The summed E-state index contributed by atoms with van der Waals surface area (Å²) in [5, 5.41) is 15.4. The zero-order valence-electron chi connectivity index (χ0n) is 11.7. The van der Waals surface area contributed by atoms with Crippen LogP contribution < -0.4 is 4.74 Å². The number of hydrogen-bond acceptors (Lipinski definition) is 4. The number of benzene rings is 1. The van der Waals surface area contributed by atoms with Crippen LogP contribution in [0.15, 0.2) is 30.5 Å². The van der Waals surface area contributed by atoms with E-state index in [1.54, 1.807) is 6.20 Å². The van der Waals surface area contributed by atoms with E-state index < -0.39 is 5.97 Å². The molecule has 2 aromatic rings. The summed E-state index contributed by atoms with van der Waals surface area (Å²) in [7, 11) is 1.95. The minimum atomic E-state index is -0.986. The highest BCUT2D eigenvalue weighted by molar-refractivity contribution is 5.86. The van der Waals surface area contributed by atoms with Crippen LogP contribution in [-0.2, 0) is 13.0 Å². The van der Waals surface area contributed by atoms with Gasteiger partial charge >= 0.3 is 5.97 Å². The fraction of sp³-hybridized carbons (Fsp3) is 0.333. The van der Waals surface area contributed by atoms with Gasteiger partial charge in [-0.15, -0.1) is 0 Å². The molecule has 1 aromatic heterocycles. The molecule has 2 heterocycles. The van der Waals surface area contributed by atoms with Crippen molar-refractivity contribution in [2.45, 2.75) is 19.1 Å². The quantitative estimate of drug-likeness (QED) is 0.872. The molecule has 0 saturated heterocycles. The van der Waals surface area contributed by atoms with Gasteiger partial charge < -0.3 is 9.84 Å². The number of fused-ring (bicyclic) bond motifs is 1. The molecule has 2 N–H and O–H groups in total. The third kappa shape index (κ3) is 2.90. The maximum absolute atomic E-state index is 11.0. The Morgan fingerprint density at radius 1 is 1.52 bits per heavy atom. The fourth-order valence-corrected chi connectivity index (χ4v) is 2.67. The van der Waals surface area contributed by atoms with Gasteiger partial charge in [0.25, 0.3) is 0 Å². The van der Waals surface area contributed by atoms with Crippen LogP contribution >= 0.6 is 0 Å². The van der Waals surface area contributed by atoms with E-state index in [-0.39, 0.29) is 11.8 Å². The third-order valence-electron chi connectivity index (χ3n) is 3.60. The van der Waals surface area contributed by atoms with Gasteiger partial charge in [0.2, 0.25) is 0 Å². The van der Waals surface area contributed by atoms with Crippen molar-refractivity contribution >= 4 is 5.97 Å². The lowest BCUT2D eigenvalue weighted by molar-refractivity contribution is 0.0688. The number of rotatable bonds is 5. The Kier molecular flexibility index (Phi) is 3.62. The number of carboxylic acid groups (broad SMARTS) is 1. The maximum Gasteiger partial charge on any atom is 0.354 e. The van der Waals surface area contributed by atoms with E-state index in [1.807, 2.05) is 30.1 Å². The predicted octanol–water partition coefficient (Wildman–Crippen LogP) is 1.54. The summed E-state index contributed by atoms with van der Waals surface area (Å²) in [6.45, 7) is 1.26. The van der Waals surface area contributed by atoms with Crippen molar-refractivity contribution in [2.75, 3.05) is 13.6 Å². The molecule has 0 amide bonds. The summed E-state index contributed by atoms with van der Waals surface area (Å²) in [6, 6.07) is 8.04. The van der Waals surface area contributed by atoms with Crippen LogP contribution in [0.3, 0.4) is 0 Å². The molecule has 110 valence electrons. The highest BCUT2D eigenvalue weighted by atomic mass is 16.5. The summed E-state index contributed by atoms with van der Waals surface area (Å²) >= 11 is 0. The second-order valence-electron chi connectivity index (χ2n) is 5.32. The van der Waals surface area contributed by atoms with E-state index in [1.165, 1.54) is 5.56 Å². The van der Waals surface area contributed by atoms with Gasteiger partial charge in [0.1, 0.15) is 17.5 Å². The summed E-state index contributed by atoms with van der Waals surface area (Å²) in [5.41, 5.74) is 2.06. The lowest BCUT2D eigenvalue weighted by Crippen LogP contribution is -2.31. The number of para-hydroxylation sites is 1. The molecule has 1 aliphatic rings. The van der Waals surface area contributed by atoms with Gasteiger partial charge in [0.05, 0.1) is 6.20 Å². The molecular formula is C15H17N3O3. The number of aromatic amines is 1. The Morgan fingerprint density at radius 3 is 3.10 bits per heavy atom. The molecule has 0 spiro atoms. The molecule has 0 radical (unpaired) electrons. The van der Waals surface area contributed by atoms with Crippen molar-refractivity contribution in [3.8, 4) is 5.75 Å². The molecule has 0 bridgehead atoms. The van der Waals surface area contributed by atoms with E-state index in [4.69, 9.17) is 9.84 Å². The number of nitrogens with one attached hydrogen (secondary N) is 1. The number of H-pyrrole nitrogens is 1. The average Bonchev–Trinajstić information content (AvgIpc) is 3.03. The highest BCUT2D eigenvalue weighted by Crippen LogP contribution is 2.28. The molecule has 3 rings (SSSR count). The molecule has 1 atom stereocenters. The zero-order valence-corrected chi connectivity index (χ0v) is 11.7. The molecule has 0 saturated carbocycles. The maximum atomic E-state index is 11.0. The normalized spacial score (nSPS) is 16.8. The van der Waals surface area contributed by atoms with Gasteiger partial charge in [-0.3, -0.25) is 10.00 Å². The average molecular weight is 287 g/mol. The van der Waals surface area contributed by atoms with Crippen molar-refractivity contribution < 1.29 is 14.6 Å². The molecule has 0 unspecified atom stereocenters. The van der Waals surface area contributed by atoms with Crippen molar-refractivity contribution in [1.29, 1.82) is 0 Å². The fourth-order valence-electron chi connectivity index (χ4n) is 2.67. The van der Waals surface area contributed by atoms with E-state index >= 15 is 0 Å². The van der Waals surface area contributed by atoms with Crippen LogP contribution in [-0.4, -0.2) is 45.9 Å². The van der Waals surface area contributed by atoms with Crippen molar-refractivity contribution in [1.82, 2.24) is 15.1 Å². The summed E-state index contributed by atoms with van der Waals surface area (Å²) in [4.78, 5) is 13.1. The molecule has 6 heteroatoms. The second-order valence-corrected chi connectivity index (χ2v) is 5.32. The van der Waals surface area contributed by atoms with Crippen molar-refractivity contribution in [3.63, 3.8) is 0 Å². The minimum Gasteiger partial charge on any atom is -0.488 e. The Hall–Kier alpha value is -2.34. The molecule has 1 aromatic carbocycles. The van der Waals surface area contributed by atoms with Gasteiger partial charge in [-0.1, -0.05) is 18.2 Å². The first-order valence-electron chi connectivity index (χ1n) is 6.82. The Labute approximate surface area is 122 Å². The largest absolute Gasteiger partial charge is 0.488 e.